The van der Waals surface area contributed by atoms with Gasteiger partial charge in [-0.3, -0.25) is 9.59 Å². The molecule has 26 heavy (non-hydrogen) atoms. The molecule has 0 aliphatic heterocycles. The van der Waals surface area contributed by atoms with E-state index in [4.69, 9.17) is 4.74 Å². The third-order valence-corrected chi connectivity index (χ3v) is 4.36. The van der Waals surface area contributed by atoms with Crippen molar-refractivity contribution in [3.8, 4) is 6.07 Å². The molecule has 0 aromatic heterocycles. The van der Waals surface area contributed by atoms with Crippen LogP contribution in [0.15, 0.2) is 24.3 Å². The van der Waals surface area contributed by atoms with E-state index in [1.54, 1.807) is 12.1 Å². The predicted octanol–water partition coefficient (Wildman–Crippen LogP) is 2.53. The number of nitriles is 1. The fourth-order valence-corrected chi connectivity index (χ4v) is 2.97. The highest BCUT2D eigenvalue weighted by molar-refractivity contribution is 5.95. The number of nitrogens with zero attached hydrogens (tertiary/aromatic N) is 1. The summed E-state index contributed by atoms with van der Waals surface area (Å²) in [5.41, 5.74) is -0.181. The van der Waals surface area contributed by atoms with Gasteiger partial charge in [0.05, 0.1) is 11.6 Å². The Labute approximate surface area is 152 Å². The number of amides is 2. The first kappa shape index (κ1) is 19.4. The maximum atomic E-state index is 12.4. The van der Waals surface area contributed by atoms with Crippen LogP contribution in [0, 0.1) is 11.3 Å². The van der Waals surface area contributed by atoms with E-state index in [-0.39, 0.29) is 11.5 Å². The largest absolute Gasteiger partial charge is 0.449 e. The maximum absolute atomic E-state index is 12.4. The van der Waals surface area contributed by atoms with Crippen molar-refractivity contribution >= 4 is 23.5 Å². The number of nitrogens with one attached hydrogen (secondary N) is 2. The number of hydrogen-bond donors (Lipinski definition) is 2. The SMILES string of the molecule is CC(=O)Nc1cccc(C(=O)O[C@@H](C)C(=O)NC2(C#N)CCCCC2)c1. The molecule has 7 heteroatoms. The summed E-state index contributed by atoms with van der Waals surface area (Å²) in [5, 5.41) is 14.8. The summed E-state index contributed by atoms with van der Waals surface area (Å²) in [6.45, 7) is 2.84. The number of carbonyl (C=O) groups excluding carboxylic acids is 3. The van der Waals surface area contributed by atoms with E-state index in [0.29, 0.717) is 18.5 Å². The topological polar surface area (TPSA) is 108 Å². The lowest BCUT2D eigenvalue weighted by atomic mass is 9.83. The lowest BCUT2D eigenvalue weighted by Gasteiger charge is -2.32. The zero-order valence-electron chi connectivity index (χ0n) is 15.0. The number of benzene rings is 1. The molecule has 1 aliphatic rings. The summed E-state index contributed by atoms with van der Waals surface area (Å²) < 4.78 is 5.22. The standard InChI is InChI=1S/C19H23N3O4/c1-13(17(24)22-19(12-20)9-4-3-5-10-19)26-18(25)15-7-6-8-16(11-15)21-14(2)23/h6-8,11,13H,3-5,9-10H2,1-2H3,(H,21,23)(H,22,24)/t13-/m0/s1. The molecule has 1 fully saturated rings. The van der Waals surface area contributed by atoms with E-state index >= 15 is 0 Å². The van der Waals surface area contributed by atoms with Crippen molar-refractivity contribution < 1.29 is 19.1 Å². The number of esters is 1. The van der Waals surface area contributed by atoms with Gasteiger partial charge in [0.15, 0.2) is 6.10 Å². The summed E-state index contributed by atoms with van der Waals surface area (Å²) in [5.74, 6) is -1.41. The van der Waals surface area contributed by atoms with Crippen LogP contribution in [0.3, 0.4) is 0 Å². The molecule has 2 rings (SSSR count). The van der Waals surface area contributed by atoms with Gasteiger partial charge in [0.2, 0.25) is 5.91 Å². The van der Waals surface area contributed by atoms with Crippen molar-refractivity contribution in [1.82, 2.24) is 5.32 Å². The zero-order valence-corrected chi connectivity index (χ0v) is 15.0. The van der Waals surface area contributed by atoms with Crippen molar-refractivity contribution in [3.63, 3.8) is 0 Å². The minimum Gasteiger partial charge on any atom is -0.449 e. The molecule has 1 aromatic rings. The smallest absolute Gasteiger partial charge is 0.338 e. The van der Waals surface area contributed by atoms with Gasteiger partial charge in [-0.2, -0.15) is 5.26 Å². The second-order valence-electron chi connectivity index (χ2n) is 6.55. The summed E-state index contributed by atoms with van der Waals surface area (Å²) in [6, 6.07) is 8.47. The maximum Gasteiger partial charge on any atom is 0.338 e. The third kappa shape index (κ3) is 5.06. The molecule has 0 radical (unpaired) electrons. The fraction of sp³-hybridized carbons (Fsp3) is 0.474. The Hall–Kier alpha value is -2.88. The fourth-order valence-electron chi connectivity index (χ4n) is 2.97. The summed E-state index contributed by atoms with van der Waals surface area (Å²) >= 11 is 0. The average molecular weight is 357 g/mol. The molecule has 1 aromatic carbocycles. The van der Waals surface area contributed by atoms with Crippen molar-refractivity contribution in [2.75, 3.05) is 5.32 Å². The molecule has 2 amide bonds. The van der Waals surface area contributed by atoms with Crippen LogP contribution in [0.5, 0.6) is 0 Å². The first-order valence-electron chi connectivity index (χ1n) is 8.67. The highest BCUT2D eigenvalue weighted by Gasteiger charge is 2.35. The Morgan fingerprint density at radius 3 is 2.54 bits per heavy atom. The molecule has 1 saturated carbocycles. The summed E-state index contributed by atoms with van der Waals surface area (Å²) in [6.07, 6.45) is 3.01. The Morgan fingerprint density at radius 1 is 1.23 bits per heavy atom. The van der Waals surface area contributed by atoms with Crippen LogP contribution >= 0.6 is 0 Å². The molecule has 7 nitrogen and oxygen atoms in total. The van der Waals surface area contributed by atoms with Crippen LogP contribution in [-0.4, -0.2) is 29.4 Å². The van der Waals surface area contributed by atoms with Gasteiger partial charge in [-0.05, 0) is 38.0 Å². The molecule has 0 saturated heterocycles. The molecular weight excluding hydrogens is 334 g/mol. The van der Waals surface area contributed by atoms with E-state index in [1.807, 2.05) is 0 Å². The molecule has 0 unspecified atom stereocenters. The van der Waals surface area contributed by atoms with Crippen molar-refractivity contribution in [3.05, 3.63) is 29.8 Å². The lowest BCUT2D eigenvalue weighted by molar-refractivity contribution is -0.130. The van der Waals surface area contributed by atoms with E-state index in [9.17, 15) is 19.6 Å². The molecule has 138 valence electrons. The second kappa shape index (κ2) is 8.48. The number of carbonyl (C=O) groups is 3. The van der Waals surface area contributed by atoms with Crippen molar-refractivity contribution in [2.45, 2.75) is 57.6 Å². The number of hydrogen-bond acceptors (Lipinski definition) is 5. The molecule has 1 atom stereocenters. The first-order valence-corrected chi connectivity index (χ1v) is 8.67. The van der Waals surface area contributed by atoms with E-state index in [0.717, 1.165) is 19.3 Å². The third-order valence-electron chi connectivity index (χ3n) is 4.36. The van der Waals surface area contributed by atoms with E-state index < -0.39 is 23.5 Å². The van der Waals surface area contributed by atoms with Gasteiger partial charge in [-0.15, -0.1) is 0 Å². The van der Waals surface area contributed by atoms with Crippen LogP contribution in [0.4, 0.5) is 5.69 Å². The van der Waals surface area contributed by atoms with Gasteiger partial charge < -0.3 is 15.4 Å². The summed E-state index contributed by atoms with van der Waals surface area (Å²) in [7, 11) is 0. The Morgan fingerprint density at radius 2 is 1.92 bits per heavy atom. The molecule has 0 bridgehead atoms. The zero-order chi connectivity index (χ0) is 19.2. The Bertz CT molecular complexity index is 733. The van der Waals surface area contributed by atoms with Crippen molar-refractivity contribution in [1.29, 1.82) is 5.26 Å². The molecule has 1 aliphatic carbocycles. The molecule has 0 heterocycles. The van der Waals surface area contributed by atoms with Gasteiger partial charge in [-0.25, -0.2) is 4.79 Å². The van der Waals surface area contributed by atoms with Gasteiger partial charge >= 0.3 is 5.97 Å². The quantitative estimate of drug-likeness (QED) is 0.787. The van der Waals surface area contributed by atoms with Gasteiger partial charge in [-0.1, -0.05) is 25.3 Å². The Kier molecular flexibility index (Phi) is 6.34. The van der Waals surface area contributed by atoms with E-state index in [2.05, 4.69) is 16.7 Å². The number of rotatable bonds is 5. The number of ether oxygens (including phenoxy) is 1. The van der Waals surface area contributed by atoms with Crippen LogP contribution in [0.2, 0.25) is 0 Å². The highest BCUT2D eigenvalue weighted by Crippen LogP contribution is 2.27. The van der Waals surface area contributed by atoms with Gasteiger partial charge in [0.25, 0.3) is 5.91 Å². The minimum absolute atomic E-state index is 0.226. The van der Waals surface area contributed by atoms with Crippen LogP contribution in [-0.2, 0) is 14.3 Å². The van der Waals surface area contributed by atoms with Crippen LogP contribution in [0.1, 0.15) is 56.3 Å². The minimum atomic E-state index is -1.03. The second-order valence-corrected chi connectivity index (χ2v) is 6.55. The monoisotopic (exact) mass is 357 g/mol. The highest BCUT2D eigenvalue weighted by atomic mass is 16.5. The molecule has 0 spiro atoms. The summed E-state index contributed by atoms with van der Waals surface area (Å²) in [4.78, 5) is 35.7. The Balaban J connectivity index is 1.99. The lowest BCUT2D eigenvalue weighted by Crippen LogP contribution is -2.52. The van der Waals surface area contributed by atoms with Crippen LogP contribution < -0.4 is 10.6 Å². The van der Waals surface area contributed by atoms with Crippen molar-refractivity contribution in [2.24, 2.45) is 0 Å². The van der Waals surface area contributed by atoms with E-state index in [1.165, 1.54) is 26.0 Å². The van der Waals surface area contributed by atoms with Crippen LogP contribution in [0.25, 0.3) is 0 Å². The van der Waals surface area contributed by atoms with Gasteiger partial charge in [0.1, 0.15) is 5.54 Å². The average Bonchev–Trinajstić information content (AvgIpc) is 2.62. The molecular formula is C19H23N3O4. The molecule has 2 N–H and O–H groups in total. The number of anilines is 1. The first-order chi connectivity index (χ1) is 12.3. The van der Waals surface area contributed by atoms with Gasteiger partial charge in [0, 0.05) is 12.6 Å². The predicted molar refractivity (Wildman–Crippen MR) is 95.2 cm³/mol. The normalized spacial score (nSPS) is 16.7.